The molecule has 1 rings (SSSR count). The Labute approximate surface area is 120 Å². The van der Waals surface area contributed by atoms with Crippen molar-refractivity contribution in [3.63, 3.8) is 0 Å². The van der Waals surface area contributed by atoms with Crippen LogP contribution in [0.15, 0.2) is 6.07 Å². The number of aryl methyl sites for hydroxylation is 2. The molecule has 0 aliphatic heterocycles. The second-order valence-corrected chi connectivity index (χ2v) is 5.82. The van der Waals surface area contributed by atoms with E-state index in [-0.39, 0.29) is 12.5 Å². The highest BCUT2D eigenvalue weighted by Gasteiger charge is 2.18. The Morgan fingerprint density at radius 2 is 2.00 bits per heavy atom. The van der Waals surface area contributed by atoms with E-state index in [0.29, 0.717) is 13.1 Å². The third-order valence-corrected chi connectivity index (χ3v) is 4.34. The molecular weight excluding hydrogens is 258 g/mol. The zero-order chi connectivity index (χ0) is 14.3. The summed E-state index contributed by atoms with van der Waals surface area (Å²) in [6.45, 7) is 7.51. The zero-order valence-corrected chi connectivity index (χ0v) is 13.1. The van der Waals surface area contributed by atoms with Crippen molar-refractivity contribution in [2.24, 2.45) is 0 Å². The summed E-state index contributed by atoms with van der Waals surface area (Å²) >= 11 is 1.62. The fourth-order valence-electron chi connectivity index (χ4n) is 2.17. The SMILES string of the molecule is CCCc1sc(C(=O)N(CCC)CCO)cc1CC. The molecule has 0 saturated heterocycles. The first-order chi connectivity index (χ1) is 9.17. The number of thiophene rings is 1. The average Bonchev–Trinajstić information content (AvgIpc) is 2.81. The average molecular weight is 283 g/mol. The number of rotatable bonds is 8. The predicted molar refractivity (Wildman–Crippen MR) is 81.0 cm³/mol. The van der Waals surface area contributed by atoms with Crippen LogP contribution in [0.4, 0.5) is 0 Å². The molecule has 0 radical (unpaired) electrons. The van der Waals surface area contributed by atoms with Crippen molar-refractivity contribution in [3.8, 4) is 0 Å². The van der Waals surface area contributed by atoms with Gasteiger partial charge in [0.1, 0.15) is 0 Å². The second-order valence-electron chi connectivity index (χ2n) is 4.68. The molecule has 0 aliphatic carbocycles. The number of amides is 1. The highest BCUT2D eigenvalue weighted by molar-refractivity contribution is 7.14. The minimum Gasteiger partial charge on any atom is -0.395 e. The van der Waals surface area contributed by atoms with Crippen molar-refractivity contribution >= 4 is 17.2 Å². The van der Waals surface area contributed by atoms with Crippen molar-refractivity contribution in [1.82, 2.24) is 4.90 Å². The fraction of sp³-hybridized carbons (Fsp3) is 0.667. The van der Waals surface area contributed by atoms with Gasteiger partial charge in [-0.3, -0.25) is 4.79 Å². The lowest BCUT2D eigenvalue weighted by Gasteiger charge is -2.20. The van der Waals surface area contributed by atoms with E-state index in [1.54, 1.807) is 16.2 Å². The highest BCUT2D eigenvalue weighted by Crippen LogP contribution is 2.25. The van der Waals surface area contributed by atoms with Crippen LogP contribution in [0.25, 0.3) is 0 Å². The van der Waals surface area contributed by atoms with E-state index in [2.05, 4.69) is 13.8 Å². The molecule has 0 saturated carbocycles. The Kier molecular flexibility index (Phi) is 7.10. The van der Waals surface area contributed by atoms with Crippen molar-refractivity contribution in [2.75, 3.05) is 19.7 Å². The summed E-state index contributed by atoms with van der Waals surface area (Å²) < 4.78 is 0. The van der Waals surface area contributed by atoms with Crippen LogP contribution >= 0.6 is 11.3 Å². The third-order valence-electron chi connectivity index (χ3n) is 3.12. The quantitative estimate of drug-likeness (QED) is 0.796. The molecular formula is C15H25NO2S. The molecule has 3 nitrogen and oxygen atoms in total. The van der Waals surface area contributed by atoms with E-state index in [1.165, 1.54) is 10.4 Å². The van der Waals surface area contributed by atoms with E-state index in [4.69, 9.17) is 5.11 Å². The van der Waals surface area contributed by atoms with E-state index in [0.717, 1.165) is 30.6 Å². The Morgan fingerprint density at radius 3 is 2.53 bits per heavy atom. The number of hydrogen-bond donors (Lipinski definition) is 1. The van der Waals surface area contributed by atoms with Crippen LogP contribution in [-0.2, 0) is 12.8 Å². The Hall–Kier alpha value is -0.870. The van der Waals surface area contributed by atoms with E-state index in [1.807, 2.05) is 13.0 Å². The monoisotopic (exact) mass is 283 g/mol. The van der Waals surface area contributed by atoms with Gasteiger partial charge in [-0.1, -0.05) is 27.2 Å². The topological polar surface area (TPSA) is 40.5 Å². The molecule has 19 heavy (non-hydrogen) atoms. The van der Waals surface area contributed by atoms with Gasteiger partial charge in [0.25, 0.3) is 5.91 Å². The van der Waals surface area contributed by atoms with Gasteiger partial charge in [0.2, 0.25) is 0 Å². The molecule has 0 bridgehead atoms. The maximum Gasteiger partial charge on any atom is 0.264 e. The van der Waals surface area contributed by atoms with Gasteiger partial charge in [-0.15, -0.1) is 11.3 Å². The van der Waals surface area contributed by atoms with Gasteiger partial charge in [0.15, 0.2) is 0 Å². The smallest absolute Gasteiger partial charge is 0.264 e. The lowest BCUT2D eigenvalue weighted by Crippen LogP contribution is -2.33. The van der Waals surface area contributed by atoms with Crippen molar-refractivity contribution < 1.29 is 9.90 Å². The first kappa shape index (κ1) is 16.2. The Bertz CT molecular complexity index is 395. The summed E-state index contributed by atoms with van der Waals surface area (Å²) in [7, 11) is 0. The van der Waals surface area contributed by atoms with E-state index >= 15 is 0 Å². The highest BCUT2D eigenvalue weighted by atomic mass is 32.1. The van der Waals surface area contributed by atoms with Gasteiger partial charge in [0.05, 0.1) is 11.5 Å². The van der Waals surface area contributed by atoms with Gasteiger partial charge in [-0.25, -0.2) is 0 Å². The van der Waals surface area contributed by atoms with Crippen LogP contribution in [-0.4, -0.2) is 35.6 Å². The van der Waals surface area contributed by atoms with Gasteiger partial charge < -0.3 is 10.0 Å². The summed E-state index contributed by atoms with van der Waals surface area (Å²) in [6.07, 6.45) is 4.05. The summed E-state index contributed by atoms with van der Waals surface area (Å²) in [5, 5.41) is 9.06. The molecule has 0 unspecified atom stereocenters. The number of carbonyl (C=O) groups is 1. The van der Waals surface area contributed by atoms with Crippen LogP contribution in [0.3, 0.4) is 0 Å². The lowest BCUT2D eigenvalue weighted by molar-refractivity contribution is 0.0727. The standard InChI is InChI=1S/C15H25NO2S/c1-4-7-13-12(6-3)11-14(19-13)15(18)16(8-5-2)9-10-17/h11,17H,4-10H2,1-3H3. The van der Waals surface area contributed by atoms with Crippen LogP contribution < -0.4 is 0 Å². The number of nitrogens with zero attached hydrogens (tertiary/aromatic N) is 1. The van der Waals surface area contributed by atoms with Crippen LogP contribution in [0.1, 0.15) is 53.7 Å². The molecule has 1 aromatic rings. The molecule has 0 aliphatic rings. The molecule has 4 heteroatoms. The first-order valence-corrected chi connectivity index (χ1v) is 8.01. The molecule has 0 atom stereocenters. The second kappa shape index (κ2) is 8.33. The predicted octanol–water partition coefficient (Wildman–Crippen LogP) is 3.11. The number of carbonyl (C=O) groups excluding carboxylic acids is 1. The first-order valence-electron chi connectivity index (χ1n) is 7.19. The molecule has 0 spiro atoms. The minimum absolute atomic E-state index is 0.0273. The molecule has 1 amide bonds. The third kappa shape index (κ3) is 4.32. The number of aliphatic hydroxyl groups is 1. The normalized spacial score (nSPS) is 10.7. The minimum atomic E-state index is 0.0273. The summed E-state index contributed by atoms with van der Waals surface area (Å²) in [5.41, 5.74) is 1.30. The van der Waals surface area contributed by atoms with Crippen LogP contribution in [0, 0.1) is 0 Å². The van der Waals surface area contributed by atoms with Gasteiger partial charge in [0, 0.05) is 18.0 Å². The maximum atomic E-state index is 12.4. The van der Waals surface area contributed by atoms with Crippen LogP contribution in [0.2, 0.25) is 0 Å². The van der Waals surface area contributed by atoms with Gasteiger partial charge in [-0.2, -0.15) is 0 Å². The van der Waals surface area contributed by atoms with Gasteiger partial charge >= 0.3 is 0 Å². The van der Waals surface area contributed by atoms with E-state index < -0.39 is 0 Å². The summed E-state index contributed by atoms with van der Waals surface area (Å²) in [4.78, 5) is 16.3. The Balaban J connectivity index is 2.90. The molecule has 108 valence electrons. The molecule has 0 aromatic carbocycles. The van der Waals surface area contributed by atoms with E-state index in [9.17, 15) is 4.79 Å². The van der Waals surface area contributed by atoms with Gasteiger partial charge in [-0.05, 0) is 30.9 Å². The van der Waals surface area contributed by atoms with Crippen molar-refractivity contribution in [2.45, 2.75) is 46.5 Å². The zero-order valence-electron chi connectivity index (χ0n) is 12.2. The molecule has 1 heterocycles. The number of aliphatic hydroxyl groups excluding tert-OH is 1. The molecule has 0 fully saturated rings. The largest absolute Gasteiger partial charge is 0.395 e. The molecule has 1 N–H and O–H groups in total. The van der Waals surface area contributed by atoms with Crippen molar-refractivity contribution in [3.05, 3.63) is 21.4 Å². The molecule has 1 aromatic heterocycles. The van der Waals surface area contributed by atoms with Crippen molar-refractivity contribution in [1.29, 1.82) is 0 Å². The lowest BCUT2D eigenvalue weighted by atomic mass is 10.1. The van der Waals surface area contributed by atoms with Crippen LogP contribution in [0.5, 0.6) is 0 Å². The summed E-state index contributed by atoms with van der Waals surface area (Å²) in [5.74, 6) is 0.0675. The summed E-state index contributed by atoms with van der Waals surface area (Å²) in [6, 6.07) is 2.04. The maximum absolute atomic E-state index is 12.4. The number of hydrogen-bond acceptors (Lipinski definition) is 3. The fourth-order valence-corrected chi connectivity index (χ4v) is 3.49. The Morgan fingerprint density at radius 1 is 1.26 bits per heavy atom.